The molecule has 0 atom stereocenters. The number of pyridine rings is 1. The fourth-order valence-electron chi connectivity index (χ4n) is 3.94. The Morgan fingerprint density at radius 3 is 2.46 bits per heavy atom. The van der Waals surface area contributed by atoms with Crippen molar-refractivity contribution in [1.29, 1.82) is 0 Å². The third-order valence-electron chi connectivity index (χ3n) is 5.55. The second-order valence-electron chi connectivity index (χ2n) is 7.75. The molecule has 0 bridgehead atoms. The summed E-state index contributed by atoms with van der Waals surface area (Å²) in [5.41, 5.74) is 0.917. The molecule has 1 aliphatic carbocycles. The highest BCUT2D eigenvalue weighted by molar-refractivity contribution is 5.76. The van der Waals surface area contributed by atoms with Gasteiger partial charge in [-0.2, -0.15) is 13.2 Å². The van der Waals surface area contributed by atoms with Crippen molar-refractivity contribution in [3.63, 3.8) is 0 Å². The maximum absolute atomic E-state index is 12.4. The third kappa shape index (κ3) is 6.65. The first-order chi connectivity index (χ1) is 13.4. The Hall–Kier alpha value is -1.83. The number of rotatable bonds is 7. The number of amides is 1. The van der Waals surface area contributed by atoms with Crippen molar-refractivity contribution in [3.8, 4) is 5.88 Å². The van der Waals surface area contributed by atoms with E-state index in [0.717, 1.165) is 44.1 Å². The van der Waals surface area contributed by atoms with Crippen LogP contribution in [0.3, 0.4) is 0 Å². The van der Waals surface area contributed by atoms with Crippen molar-refractivity contribution in [3.05, 3.63) is 23.9 Å². The molecule has 1 amide bonds. The Kier molecular flexibility index (Phi) is 7.15. The minimum atomic E-state index is -4.37. The van der Waals surface area contributed by atoms with Gasteiger partial charge in [0.25, 0.3) is 0 Å². The van der Waals surface area contributed by atoms with Crippen molar-refractivity contribution in [2.45, 2.75) is 51.2 Å². The van der Waals surface area contributed by atoms with Crippen LogP contribution < -0.4 is 4.74 Å². The smallest absolute Gasteiger partial charge is 0.422 e. The van der Waals surface area contributed by atoms with E-state index < -0.39 is 12.8 Å². The molecule has 156 valence electrons. The van der Waals surface area contributed by atoms with Crippen LogP contribution in [-0.2, 0) is 11.3 Å². The SMILES string of the molecule is O=C(CCC1CCCC1)N1CCN(Cc2ccc(OCC(F)(F)F)nc2)CC1. The minimum Gasteiger partial charge on any atom is -0.468 e. The predicted octanol–water partition coefficient (Wildman–Crippen LogP) is 3.64. The Morgan fingerprint density at radius 1 is 1.14 bits per heavy atom. The number of hydrogen-bond acceptors (Lipinski definition) is 4. The number of alkyl halides is 3. The molecule has 2 aliphatic rings. The first-order valence-electron chi connectivity index (χ1n) is 10.0. The van der Waals surface area contributed by atoms with Crippen LogP contribution in [0, 0.1) is 5.92 Å². The first-order valence-corrected chi connectivity index (χ1v) is 10.0. The third-order valence-corrected chi connectivity index (χ3v) is 5.55. The molecule has 2 heterocycles. The molecule has 8 heteroatoms. The van der Waals surface area contributed by atoms with Gasteiger partial charge in [-0.05, 0) is 17.9 Å². The Labute approximate surface area is 163 Å². The molecule has 1 saturated heterocycles. The molecular formula is C20H28F3N3O2. The topological polar surface area (TPSA) is 45.7 Å². The molecule has 3 rings (SSSR count). The Bertz CT molecular complexity index is 623. The lowest BCUT2D eigenvalue weighted by Gasteiger charge is -2.35. The van der Waals surface area contributed by atoms with Crippen molar-refractivity contribution in [1.82, 2.24) is 14.8 Å². The molecule has 1 aromatic heterocycles. The molecule has 2 fully saturated rings. The number of piperazine rings is 1. The van der Waals surface area contributed by atoms with Crippen LogP contribution in [0.1, 0.15) is 44.1 Å². The van der Waals surface area contributed by atoms with Gasteiger partial charge in [0.1, 0.15) is 0 Å². The molecule has 28 heavy (non-hydrogen) atoms. The van der Waals surface area contributed by atoms with Crippen molar-refractivity contribution >= 4 is 5.91 Å². The predicted molar refractivity (Wildman–Crippen MR) is 98.8 cm³/mol. The van der Waals surface area contributed by atoms with Gasteiger partial charge in [0.15, 0.2) is 6.61 Å². The molecular weight excluding hydrogens is 371 g/mol. The summed E-state index contributed by atoms with van der Waals surface area (Å²) in [5.74, 6) is 0.971. The first kappa shape index (κ1) is 20.9. The van der Waals surface area contributed by atoms with Gasteiger partial charge in [-0.25, -0.2) is 4.98 Å². The van der Waals surface area contributed by atoms with Gasteiger partial charge in [-0.15, -0.1) is 0 Å². The summed E-state index contributed by atoms with van der Waals surface area (Å²) in [7, 11) is 0. The van der Waals surface area contributed by atoms with Crippen LogP contribution in [0.4, 0.5) is 13.2 Å². The molecule has 0 radical (unpaired) electrons. The molecule has 1 aromatic rings. The number of hydrogen-bond donors (Lipinski definition) is 0. The fraction of sp³-hybridized carbons (Fsp3) is 0.700. The van der Waals surface area contributed by atoms with Crippen molar-refractivity contribution < 1.29 is 22.7 Å². The number of ether oxygens (including phenoxy) is 1. The van der Waals surface area contributed by atoms with Crippen LogP contribution in [-0.4, -0.2) is 59.7 Å². The van der Waals surface area contributed by atoms with Gasteiger partial charge in [0, 0.05) is 51.4 Å². The standard InChI is InChI=1S/C20H28F3N3O2/c21-20(22,23)15-28-18-7-5-17(13-24-18)14-25-9-11-26(12-10-25)19(27)8-6-16-3-1-2-4-16/h5,7,13,16H,1-4,6,8-12,14-15H2. The summed E-state index contributed by atoms with van der Waals surface area (Å²) >= 11 is 0. The van der Waals surface area contributed by atoms with E-state index in [4.69, 9.17) is 0 Å². The monoisotopic (exact) mass is 399 g/mol. The largest absolute Gasteiger partial charge is 0.468 e. The summed E-state index contributed by atoms with van der Waals surface area (Å²) < 4.78 is 41.1. The Morgan fingerprint density at radius 2 is 1.86 bits per heavy atom. The average Bonchev–Trinajstić information content (AvgIpc) is 3.19. The molecule has 0 aromatic carbocycles. The van der Waals surface area contributed by atoms with E-state index in [2.05, 4.69) is 14.6 Å². The number of nitrogens with zero attached hydrogens (tertiary/aromatic N) is 3. The molecule has 1 saturated carbocycles. The normalized spacial score (nSPS) is 19.2. The lowest BCUT2D eigenvalue weighted by molar-refractivity contribution is -0.154. The summed E-state index contributed by atoms with van der Waals surface area (Å²) in [5, 5.41) is 0. The van der Waals surface area contributed by atoms with E-state index >= 15 is 0 Å². The number of carbonyl (C=O) groups is 1. The van der Waals surface area contributed by atoms with Crippen LogP contribution in [0.5, 0.6) is 5.88 Å². The second-order valence-corrected chi connectivity index (χ2v) is 7.75. The van der Waals surface area contributed by atoms with Gasteiger partial charge in [-0.3, -0.25) is 9.69 Å². The zero-order valence-corrected chi connectivity index (χ0v) is 16.1. The zero-order chi connectivity index (χ0) is 20.0. The van der Waals surface area contributed by atoms with E-state index in [-0.39, 0.29) is 11.8 Å². The molecule has 1 aliphatic heterocycles. The highest BCUT2D eigenvalue weighted by Crippen LogP contribution is 2.28. The van der Waals surface area contributed by atoms with Crippen LogP contribution in [0.15, 0.2) is 18.3 Å². The highest BCUT2D eigenvalue weighted by Gasteiger charge is 2.28. The van der Waals surface area contributed by atoms with Gasteiger partial charge in [0.2, 0.25) is 11.8 Å². The van der Waals surface area contributed by atoms with E-state index in [0.29, 0.717) is 13.0 Å². The van der Waals surface area contributed by atoms with E-state index in [1.807, 2.05) is 4.90 Å². The van der Waals surface area contributed by atoms with Gasteiger partial charge in [0.05, 0.1) is 0 Å². The second kappa shape index (κ2) is 9.58. The highest BCUT2D eigenvalue weighted by atomic mass is 19.4. The van der Waals surface area contributed by atoms with E-state index in [1.165, 1.54) is 31.7 Å². The zero-order valence-electron chi connectivity index (χ0n) is 16.1. The van der Waals surface area contributed by atoms with Gasteiger partial charge < -0.3 is 9.64 Å². The number of halogens is 3. The van der Waals surface area contributed by atoms with Crippen molar-refractivity contribution in [2.75, 3.05) is 32.8 Å². The molecule has 0 unspecified atom stereocenters. The maximum atomic E-state index is 12.4. The van der Waals surface area contributed by atoms with Crippen LogP contribution in [0.2, 0.25) is 0 Å². The Balaban J connectivity index is 1.37. The summed E-state index contributed by atoms with van der Waals surface area (Å²) in [6.45, 7) is 2.36. The minimum absolute atomic E-state index is 0.0289. The van der Waals surface area contributed by atoms with Crippen molar-refractivity contribution in [2.24, 2.45) is 5.92 Å². The lowest BCUT2D eigenvalue weighted by Crippen LogP contribution is -2.48. The van der Waals surface area contributed by atoms with Gasteiger partial charge in [-0.1, -0.05) is 31.7 Å². The summed E-state index contributed by atoms with van der Waals surface area (Å²) in [6.07, 6.45) is 4.02. The van der Waals surface area contributed by atoms with E-state index in [9.17, 15) is 18.0 Å². The van der Waals surface area contributed by atoms with Crippen LogP contribution >= 0.6 is 0 Å². The lowest BCUT2D eigenvalue weighted by atomic mass is 10.0. The average molecular weight is 399 g/mol. The molecule has 0 N–H and O–H groups in total. The number of aromatic nitrogens is 1. The van der Waals surface area contributed by atoms with E-state index in [1.54, 1.807) is 12.3 Å². The summed E-state index contributed by atoms with van der Waals surface area (Å²) in [6, 6.07) is 3.20. The maximum Gasteiger partial charge on any atom is 0.422 e. The number of carbonyl (C=O) groups excluding carboxylic acids is 1. The summed E-state index contributed by atoms with van der Waals surface area (Å²) in [4.78, 5) is 20.5. The van der Waals surface area contributed by atoms with Gasteiger partial charge >= 0.3 is 6.18 Å². The fourth-order valence-corrected chi connectivity index (χ4v) is 3.94. The molecule has 5 nitrogen and oxygen atoms in total. The molecule has 0 spiro atoms. The van der Waals surface area contributed by atoms with Crippen LogP contribution in [0.25, 0.3) is 0 Å². The quantitative estimate of drug-likeness (QED) is 0.702.